The highest BCUT2D eigenvalue weighted by Gasteiger charge is 2.16. The number of halogens is 1. The summed E-state index contributed by atoms with van der Waals surface area (Å²) in [5.74, 6) is -0.0383. The van der Waals surface area contributed by atoms with Gasteiger partial charge in [0.1, 0.15) is 12.2 Å². The molecule has 1 N–H and O–H groups in total. The molecule has 7 nitrogen and oxygen atoms in total. The number of hydrogen-bond donors (Lipinski definition) is 1. The van der Waals surface area contributed by atoms with Gasteiger partial charge < -0.3 is 19.1 Å². The quantitative estimate of drug-likeness (QED) is 0.489. The second-order valence-electron chi connectivity index (χ2n) is 7.06. The number of hydrogen-bond acceptors (Lipinski definition) is 5. The van der Waals surface area contributed by atoms with Crippen LogP contribution in [0.2, 0.25) is 0 Å². The van der Waals surface area contributed by atoms with Gasteiger partial charge in [-0.2, -0.15) is 4.98 Å². The molecule has 0 saturated heterocycles. The van der Waals surface area contributed by atoms with E-state index in [-0.39, 0.29) is 29.9 Å². The predicted octanol–water partition coefficient (Wildman–Crippen LogP) is 3.98. The van der Waals surface area contributed by atoms with Gasteiger partial charge in [-0.3, -0.25) is 4.79 Å². The third-order valence-electron chi connectivity index (χ3n) is 4.81. The average Bonchev–Trinajstić information content (AvgIpc) is 3.43. The van der Waals surface area contributed by atoms with Gasteiger partial charge in [0, 0.05) is 18.3 Å². The highest BCUT2D eigenvalue weighted by molar-refractivity contribution is 5.76. The summed E-state index contributed by atoms with van der Waals surface area (Å²) >= 11 is 0. The number of aromatic nitrogens is 3. The average molecular weight is 420 g/mol. The second kappa shape index (κ2) is 8.83. The van der Waals surface area contributed by atoms with Crippen molar-refractivity contribution in [2.24, 2.45) is 0 Å². The van der Waals surface area contributed by atoms with Crippen LogP contribution in [0.25, 0.3) is 23.0 Å². The van der Waals surface area contributed by atoms with Crippen LogP contribution in [-0.4, -0.2) is 27.7 Å². The Bertz CT molecular complexity index is 1200. The summed E-state index contributed by atoms with van der Waals surface area (Å²) in [7, 11) is 1.40. The molecule has 1 amide bonds. The smallest absolute Gasteiger partial charge is 0.274 e. The third-order valence-corrected chi connectivity index (χ3v) is 4.81. The van der Waals surface area contributed by atoms with Crippen molar-refractivity contribution in [3.8, 4) is 28.7 Å². The fourth-order valence-electron chi connectivity index (χ4n) is 3.11. The van der Waals surface area contributed by atoms with Gasteiger partial charge in [-0.25, -0.2) is 4.39 Å². The molecule has 2 aromatic carbocycles. The largest absolute Gasteiger partial charge is 0.494 e. The highest BCUT2D eigenvalue weighted by atomic mass is 19.1. The van der Waals surface area contributed by atoms with Gasteiger partial charge in [-0.1, -0.05) is 35.0 Å². The summed E-state index contributed by atoms with van der Waals surface area (Å²) in [4.78, 5) is 16.8. The van der Waals surface area contributed by atoms with Gasteiger partial charge in [0.2, 0.25) is 11.7 Å². The number of nitrogens with zero attached hydrogens (tertiary/aromatic N) is 3. The van der Waals surface area contributed by atoms with Gasteiger partial charge >= 0.3 is 0 Å². The van der Waals surface area contributed by atoms with E-state index in [1.54, 1.807) is 29.0 Å². The van der Waals surface area contributed by atoms with E-state index in [2.05, 4.69) is 15.5 Å². The third kappa shape index (κ3) is 4.63. The van der Waals surface area contributed by atoms with Crippen LogP contribution in [0.4, 0.5) is 4.39 Å². The molecule has 158 valence electrons. The molecule has 2 aromatic heterocycles. The molecule has 4 rings (SSSR count). The first-order valence-corrected chi connectivity index (χ1v) is 9.69. The van der Waals surface area contributed by atoms with Crippen LogP contribution in [0.3, 0.4) is 0 Å². The van der Waals surface area contributed by atoms with Crippen LogP contribution in [-0.2, 0) is 17.9 Å². The molecule has 2 heterocycles. The van der Waals surface area contributed by atoms with Gasteiger partial charge in [0.25, 0.3) is 5.89 Å². The molecular formula is C23H21FN4O3. The molecule has 0 fully saturated rings. The fourth-order valence-corrected chi connectivity index (χ4v) is 3.11. The van der Waals surface area contributed by atoms with E-state index in [1.165, 1.54) is 24.8 Å². The Hall–Kier alpha value is -3.94. The number of ether oxygens (including phenoxy) is 1. The minimum absolute atomic E-state index is 0.100. The SMILES string of the molecule is COc1ccc(-c2noc(-c3cccn3CC(=O)NCc3ccc(C)cc3)n2)cc1F. The van der Waals surface area contributed by atoms with Crippen LogP contribution in [0.15, 0.2) is 65.3 Å². The summed E-state index contributed by atoms with van der Waals surface area (Å²) in [6, 6.07) is 16.0. The standard InChI is InChI=1S/C23H21FN4O3/c1-15-5-7-16(8-6-15)13-25-21(29)14-28-11-3-4-19(28)23-26-22(27-31-23)17-9-10-20(30-2)18(24)12-17/h3-12H,13-14H2,1-2H3,(H,25,29). The maximum atomic E-state index is 14.0. The molecule has 8 heteroatoms. The molecule has 0 aliphatic rings. The molecule has 0 spiro atoms. The maximum Gasteiger partial charge on any atom is 0.274 e. The van der Waals surface area contributed by atoms with Gasteiger partial charge in [0.15, 0.2) is 11.6 Å². The molecule has 0 unspecified atom stereocenters. The molecule has 0 aliphatic heterocycles. The van der Waals surface area contributed by atoms with Crippen LogP contribution in [0.5, 0.6) is 5.75 Å². The number of benzene rings is 2. The van der Waals surface area contributed by atoms with Crippen LogP contribution in [0, 0.1) is 12.7 Å². The maximum absolute atomic E-state index is 14.0. The van der Waals surface area contributed by atoms with Gasteiger partial charge in [0.05, 0.1) is 7.11 Å². The molecule has 0 radical (unpaired) electrons. The lowest BCUT2D eigenvalue weighted by Gasteiger charge is -2.08. The highest BCUT2D eigenvalue weighted by Crippen LogP contribution is 2.26. The molecule has 0 bridgehead atoms. The number of amides is 1. The first-order chi connectivity index (χ1) is 15.0. The zero-order valence-corrected chi connectivity index (χ0v) is 17.1. The summed E-state index contributed by atoms with van der Waals surface area (Å²) in [5.41, 5.74) is 3.25. The van der Waals surface area contributed by atoms with E-state index in [1.807, 2.05) is 31.2 Å². The minimum Gasteiger partial charge on any atom is -0.494 e. The zero-order valence-electron chi connectivity index (χ0n) is 17.1. The first-order valence-electron chi connectivity index (χ1n) is 9.69. The number of carbonyl (C=O) groups is 1. The van der Waals surface area contributed by atoms with Gasteiger partial charge in [-0.05, 0) is 42.8 Å². The monoisotopic (exact) mass is 420 g/mol. The van der Waals surface area contributed by atoms with Crippen molar-refractivity contribution in [3.05, 3.63) is 77.7 Å². The van der Waals surface area contributed by atoms with Crippen LogP contribution >= 0.6 is 0 Å². The lowest BCUT2D eigenvalue weighted by molar-refractivity contribution is -0.121. The lowest BCUT2D eigenvalue weighted by Crippen LogP contribution is -2.27. The van der Waals surface area contributed by atoms with E-state index in [0.717, 1.165) is 5.56 Å². The molecule has 4 aromatic rings. The fraction of sp³-hybridized carbons (Fsp3) is 0.174. The van der Waals surface area contributed by atoms with E-state index in [9.17, 15) is 9.18 Å². The van der Waals surface area contributed by atoms with Crippen molar-refractivity contribution < 1.29 is 18.4 Å². The number of rotatable bonds is 7. The number of carbonyl (C=O) groups excluding carboxylic acids is 1. The van der Waals surface area contributed by atoms with Crippen molar-refractivity contribution in [1.29, 1.82) is 0 Å². The number of nitrogens with one attached hydrogen (secondary N) is 1. The summed E-state index contributed by atoms with van der Waals surface area (Å²) < 4.78 is 26.0. The van der Waals surface area contributed by atoms with Crippen molar-refractivity contribution in [3.63, 3.8) is 0 Å². The summed E-state index contributed by atoms with van der Waals surface area (Å²) in [6.07, 6.45) is 1.76. The Kier molecular flexibility index (Phi) is 5.79. The number of methoxy groups -OCH3 is 1. The molecule has 0 aliphatic carbocycles. The van der Waals surface area contributed by atoms with E-state index in [4.69, 9.17) is 9.26 Å². The Balaban J connectivity index is 1.45. The lowest BCUT2D eigenvalue weighted by atomic mass is 10.1. The van der Waals surface area contributed by atoms with Crippen molar-refractivity contribution in [2.45, 2.75) is 20.0 Å². The molecule has 0 atom stereocenters. The topological polar surface area (TPSA) is 82.2 Å². The predicted molar refractivity (Wildman–Crippen MR) is 113 cm³/mol. The second-order valence-corrected chi connectivity index (χ2v) is 7.06. The first kappa shape index (κ1) is 20.3. The Morgan fingerprint density at radius 2 is 2.00 bits per heavy atom. The zero-order chi connectivity index (χ0) is 21.8. The van der Waals surface area contributed by atoms with Crippen molar-refractivity contribution in [1.82, 2.24) is 20.0 Å². The Morgan fingerprint density at radius 3 is 2.74 bits per heavy atom. The normalized spacial score (nSPS) is 10.8. The van der Waals surface area contributed by atoms with Gasteiger partial charge in [-0.15, -0.1) is 0 Å². The van der Waals surface area contributed by atoms with E-state index < -0.39 is 5.82 Å². The van der Waals surface area contributed by atoms with Crippen molar-refractivity contribution in [2.75, 3.05) is 7.11 Å². The van der Waals surface area contributed by atoms with Crippen LogP contribution < -0.4 is 10.1 Å². The summed E-state index contributed by atoms with van der Waals surface area (Å²) in [6.45, 7) is 2.57. The minimum atomic E-state index is -0.514. The Labute approximate surface area is 178 Å². The number of aryl methyl sites for hydroxylation is 1. The molecule has 0 saturated carbocycles. The Morgan fingerprint density at radius 1 is 1.19 bits per heavy atom. The molecular weight excluding hydrogens is 399 g/mol. The van der Waals surface area contributed by atoms with Crippen molar-refractivity contribution >= 4 is 5.91 Å². The van der Waals surface area contributed by atoms with Crippen LogP contribution in [0.1, 0.15) is 11.1 Å². The molecule has 31 heavy (non-hydrogen) atoms. The van der Waals surface area contributed by atoms with E-state index >= 15 is 0 Å². The summed E-state index contributed by atoms with van der Waals surface area (Å²) in [5, 5.41) is 6.84. The van der Waals surface area contributed by atoms with E-state index in [0.29, 0.717) is 17.8 Å².